The Morgan fingerprint density at radius 2 is 1.62 bits per heavy atom. The van der Waals surface area contributed by atoms with E-state index >= 15 is 0 Å². The summed E-state index contributed by atoms with van der Waals surface area (Å²) in [5.41, 5.74) is 5.17. The molecule has 0 unspecified atom stereocenters. The standard InChI is InChI=1S/C28H31N7O4/c36-12-9-29-27-25-24(15-20(16-30-25)17-35-10-13-39-14-11-35)33-26(34-27)21-3-7-23(8-4-21)32-28(38)31-22-5-1-19(18-37)2-6-22/h1-8,15-16,36-37H,9-14,17-18H2,(H,29,33,34)(H2,31,32,38). The van der Waals surface area contributed by atoms with Crippen molar-refractivity contribution in [2.75, 3.05) is 55.4 Å². The summed E-state index contributed by atoms with van der Waals surface area (Å²) in [6, 6.07) is 15.9. The Hall–Kier alpha value is -4.16. The molecule has 0 bridgehead atoms. The van der Waals surface area contributed by atoms with Crippen molar-refractivity contribution >= 4 is 34.3 Å². The molecule has 4 aromatic rings. The van der Waals surface area contributed by atoms with Gasteiger partial charge in [-0.25, -0.2) is 14.8 Å². The molecule has 5 rings (SSSR count). The van der Waals surface area contributed by atoms with Gasteiger partial charge in [0.1, 0.15) is 5.52 Å². The Balaban J connectivity index is 1.33. The molecule has 0 aliphatic carbocycles. The molecule has 1 saturated heterocycles. The number of amides is 2. The van der Waals surface area contributed by atoms with Crippen LogP contribution in [0.1, 0.15) is 11.1 Å². The van der Waals surface area contributed by atoms with Gasteiger partial charge in [-0.05, 0) is 53.6 Å². The van der Waals surface area contributed by atoms with Gasteiger partial charge in [0.15, 0.2) is 11.6 Å². The average Bonchev–Trinajstić information content (AvgIpc) is 2.97. The largest absolute Gasteiger partial charge is 0.395 e. The third-order valence-electron chi connectivity index (χ3n) is 6.30. The highest BCUT2D eigenvalue weighted by Gasteiger charge is 2.15. The predicted octanol–water partition coefficient (Wildman–Crippen LogP) is 3.06. The van der Waals surface area contributed by atoms with Gasteiger partial charge in [0.05, 0.1) is 31.9 Å². The lowest BCUT2D eigenvalue weighted by atomic mass is 10.1. The van der Waals surface area contributed by atoms with Gasteiger partial charge < -0.3 is 30.9 Å². The van der Waals surface area contributed by atoms with E-state index in [1.807, 2.05) is 24.4 Å². The van der Waals surface area contributed by atoms with E-state index in [1.54, 1.807) is 36.4 Å². The molecule has 11 heteroatoms. The summed E-state index contributed by atoms with van der Waals surface area (Å²) < 4.78 is 5.45. The Bertz CT molecular complexity index is 1410. The highest BCUT2D eigenvalue weighted by Crippen LogP contribution is 2.26. The molecule has 0 spiro atoms. The molecule has 5 N–H and O–H groups in total. The van der Waals surface area contributed by atoms with E-state index in [2.05, 4.69) is 30.8 Å². The SMILES string of the molecule is O=C(Nc1ccc(CO)cc1)Nc1ccc(-c2nc(NCCO)c3ncc(CN4CCOCC4)cc3n2)cc1. The van der Waals surface area contributed by atoms with Crippen LogP contribution >= 0.6 is 0 Å². The fourth-order valence-electron chi connectivity index (χ4n) is 4.28. The van der Waals surface area contributed by atoms with Gasteiger partial charge in [0.2, 0.25) is 0 Å². The molecule has 2 amide bonds. The van der Waals surface area contributed by atoms with E-state index in [-0.39, 0.29) is 19.2 Å². The van der Waals surface area contributed by atoms with Gasteiger partial charge in [0, 0.05) is 49.3 Å². The maximum atomic E-state index is 12.4. The van der Waals surface area contributed by atoms with Gasteiger partial charge in [0.25, 0.3) is 0 Å². The minimum absolute atomic E-state index is 0.0377. The van der Waals surface area contributed by atoms with Crippen LogP contribution in [0.25, 0.3) is 22.4 Å². The lowest BCUT2D eigenvalue weighted by molar-refractivity contribution is 0.0341. The van der Waals surface area contributed by atoms with E-state index < -0.39 is 0 Å². The number of morpholine rings is 1. The first-order valence-electron chi connectivity index (χ1n) is 12.8. The van der Waals surface area contributed by atoms with Crippen molar-refractivity contribution in [2.24, 2.45) is 0 Å². The minimum atomic E-state index is -0.379. The molecule has 0 saturated carbocycles. The third kappa shape index (κ3) is 6.84. The first-order valence-corrected chi connectivity index (χ1v) is 12.8. The monoisotopic (exact) mass is 529 g/mol. The van der Waals surface area contributed by atoms with Crippen molar-refractivity contribution in [3.8, 4) is 11.4 Å². The number of aliphatic hydroxyl groups excluding tert-OH is 2. The second kappa shape index (κ2) is 12.6. The van der Waals surface area contributed by atoms with Gasteiger partial charge in [-0.15, -0.1) is 0 Å². The highest BCUT2D eigenvalue weighted by atomic mass is 16.5. The number of nitrogens with zero attached hydrogens (tertiary/aromatic N) is 4. The van der Waals surface area contributed by atoms with Crippen LogP contribution in [0.3, 0.4) is 0 Å². The summed E-state index contributed by atoms with van der Waals surface area (Å²) in [4.78, 5) is 28.8. The summed E-state index contributed by atoms with van der Waals surface area (Å²) in [6.45, 7) is 4.23. The first kappa shape index (κ1) is 26.4. The van der Waals surface area contributed by atoms with Crippen molar-refractivity contribution in [3.63, 3.8) is 0 Å². The molecule has 202 valence electrons. The third-order valence-corrected chi connectivity index (χ3v) is 6.30. The van der Waals surface area contributed by atoms with Gasteiger partial charge in [-0.2, -0.15) is 0 Å². The Kier molecular flexibility index (Phi) is 8.54. The molecule has 39 heavy (non-hydrogen) atoms. The molecule has 1 fully saturated rings. The van der Waals surface area contributed by atoms with Crippen LogP contribution in [0.15, 0.2) is 60.8 Å². The summed E-state index contributed by atoms with van der Waals surface area (Å²) >= 11 is 0. The maximum absolute atomic E-state index is 12.4. The number of rotatable bonds is 9. The van der Waals surface area contributed by atoms with Gasteiger partial charge in [-0.3, -0.25) is 9.88 Å². The Morgan fingerprint density at radius 1 is 0.923 bits per heavy atom. The number of aromatic nitrogens is 3. The zero-order chi connectivity index (χ0) is 27.0. The fourth-order valence-corrected chi connectivity index (χ4v) is 4.28. The average molecular weight is 530 g/mol. The van der Waals surface area contributed by atoms with Crippen LogP contribution in [0.5, 0.6) is 0 Å². The number of carbonyl (C=O) groups excluding carboxylic acids is 1. The fraction of sp³-hybridized carbons (Fsp3) is 0.286. The van der Waals surface area contributed by atoms with Crippen LogP contribution in [-0.2, 0) is 17.9 Å². The molecule has 0 radical (unpaired) electrons. The van der Waals surface area contributed by atoms with Gasteiger partial charge >= 0.3 is 6.03 Å². The van der Waals surface area contributed by atoms with Crippen LogP contribution < -0.4 is 16.0 Å². The van der Waals surface area contributed by atoms with E-state index in [1.165, 1.54) is 0 Å². The van der Waals surface area contributed by atoms with Crippen molar-refractivity contribution in [1.82, 2.24) is 19.9 Å². The number of pyridine rings is 1. The summed E-state index contributed by atoms with van der Waals surface area (Å²) in [5, 5.41) is 27.2. The first-order chi connectivity index (χ1) is 19.1. The quantitative estimate of drug-likeness (QED) is 0.221. The zero-order valence-electron chi connectivity index (χ0n) is 21.4. The Morgan fingerprint density at radius 3 is 2.28 bits per heavy atom. The Labute approximate surface area is 225 Å². The number of hydrogen-bond donors (Lipinski definition) is 5. The molecule has 11 nitrogen and oxygen atoms in total. The highest BCUT2D eigenvalue weighted by molar-refractivity contribution is 5.99. The second-order valence-corrected chi connectivity index (χ2v) is 9.16. The van der Waals surface area contributed by atoms with E-state index in [4.69, 9.17) is 14.8 Å². The van der Waals surface area contributed by atoms with E-state index in [0.29, 0.717) is 40.6 Å². The zero-order valence-corrected chi connectivity index (χ0v) is 21.4. The lowest BCUT2D eigenvalue weighted by Crippen LogP contribution is -2.35. The van der Waals surface area contributed by atoms with Gasteiger partial charge in [-0.1, -0.05) is 12.1 Å². The maximum Gasteiger partial charge on any atom is 0.323 e. The molecule has 2 aromatic carbocycles. The predicted molar refractivity (Wildman–Crippen MR) is 149 cm³/mol. The number of aliphatic hydroxyl groups is 2. The molecular formula is C28H31N7O4. The number of ether oxygens (including phenoxy) is 1. The molecular weight excluding hydrogens is 498 g/mol. The van der Waals surface area contributed by atoms with Crippen LogP contribution in [0, 0.1) is 0 Å². The number of nitrogens with one attached hydrogen (secondary N) is 3. The van der Waals surface area contributed by atoms with Crippen molar-refractivity contribution in [1.29, 1.82) is 0 Å². The number of anilines is 3. The van der Waals surface area contributed by atoms with Crippen LogP contribution in [-0.4, -0.2) is 75.6 Å². The molecule has 0 atom stereocenters. The van der Waals surface area contributed by atoms with Crippen molar-refractivity contribution in [3.05, 3.63) is 71.9 Å². The molecule has 1 aliphatic rings. The second-order valence-electron chi connectivity index (χ2n) is 9.16. The van der Waals surface area contributed by atoms with Crippen molar-refractivity contribution < 1.29 is 19.7 Å². The number of urea groups is 1. The molecule has 3 heterocycles. The summed E-state index contributed by atoms with van der Waals surface area (Å²) in [7, 11) is 0. The van der Waals surface area contributed by atoms with E-state index in [9.17, 15) is 9.90 Å². The smallest absolute Gasteiger partial charge is 0.323 e. The summed E-state index contributed by atoms with van der Waals surface area (Å²) in [5.74, 6) is 1.06. The topological polar surface area (TPSA) is 145 Å². The lowest BCUT2D eigenvalue weighted by Gasteiger charge is -2.26. The summed E-state index contributed by atoms with van der Waals surface area (Å²) in [6.07, 6.45) is 1.84. The number of carbonyl (C=O) groups is 1. The molecule has 2 aromatic heterocycles. The molecule has 1 aliphatic heterocycles. The van der Waals surface area contributed by atoms with E-state index in [0.717, 1.165) is 49.5 Å². The minimum Gasteiger partial charge on any atom is -0.395 e. The number of fused-ring (bicyclic) bond motifs is 1. The normalized spacial score (nSPS) is 13.8. The van der Waals surface area contributed by atoms with Crippen LogP contribution in [0.2, 0.25) is 0 Å². The number of hydrogen-bond acceptors (Lipinski definition) is 9. The van der Waals surface area contributed by atoms with Crippen LogP contribution in [0.4, 0.5) is 22.0 Å². The van der Waals surface area contributed by atoms with Crippen molar-refractivity contribution in [2.45, 2.75) is 13.2 Å². The number of benzene rings is 2.